The maximum absolute atomic E-state index is 12.2. The number of carbonyl (C=O) groups is 1. The van der Waals surface area contributed by atoms with Crippen LogP contribution in [0.2, 0.25) is 0 Å². The highest BCUT2D eigenvalue weighted by atomic mass is 16.3. The van der Waals surface area contributed by atoms with Crippen molar-refractivity contribution in [3.8, 4) is 0 Å². The number of carbonyl (C=O) groups excluding carboxylic acids is 1. The quantitative estimate of drug-likeness (QED) is 0.879. The summed E-state index contributed by atoms with van der Waals surface area (Å²) in [7, 11) is 1.80. The highest BCUT2D eigenvalue weighted by Crippen LogP contribution is 2.26. The zero-order valence-electron chi connectivity index (χ0n) is 13.9. The molecule has 0 bridgehead atoms. The molecular formula is C18H28N2O2. The molecule has 122 valence electrons. The van der Waals surface area contributed by atoms with Gasteiger partial charge in [0.05, 0.1) is 6.10 Å². The Bertz CT molecular complexity index is 487. The summed E-state index contributed by atoms with van der Waals surface area (Å²) in [5.41, 5.74) is 1.11. The first-order valence-electron chi connectivity index (χ1n) is 8.13. The smallest absolute Gasteiger partial charge is 0.317 e. The van der Waals surface area contributed by atoms with E-state index >= 15 is 0 Å². The number of nitrogens with zero attached hydrogens (tertiary/aromatic N) is 1. The molecule has 1 aromatic carbocycles. The molecule has 2 atom stereocenters. The number of hydrogen-bond acceptors (Lipinski definition) is 2. The molecule has 22 heavy (non-hydrogen) atoms. The van der Waals surface area contributed by atoms with Crippen molar-refractivity contribution in [2.24, 2.45) is 5.92 Å². The summed E-state index contributed by atoms with van der Waals surface area (Å²) < 4.78 is 0. The van der Waals surface area contributed by atoms with Gasteiger partial charge < -0.3 is 15.3 Å². The van der Waals surface area contributed by atoms with Crippen molar-refractivity contribution in [2.45, 2.75) is 44.6 Å². The number of rotatable bonds is 5. The minimum atomic E-state index is -0.254. The molecule has 2 unspecified atom stereocenters. The predicted molar refractivity (Wildman–Crippen MR) is 88.8 cm³/mol. The molecule has 1 aliphatic carbocycles. The Hall–Kier alpha value is -1.55. The first-order chi connectivity index (χ1) is 10.4. The lowest BCUT2D eigenvalue weighted by atomic mass is 9.85. The van der Waals surface area contributed by atoms with Crippen molar-refractivity contribution in [3.05, 3.63) is 35.9 Å². The summed E-state index contributed by atoms with van der Waals surface area (Å²) in [5.74, 6) is 0.220. The van der Waals surface area contributed by atoms with Crippen LogP contribution >= 0.6 is 0 Å². The molecule has 0 aliphatic heterocycles. The first kappa shape index (κ1) is 16.8. The summed E-state index contributed by atoms with van der Waals surface area (Å²) in [4.78, 5) is 13.9. The van der Waals surface area contributed by atoms with Crippen LogP contribution < -0.4 is 5.32 Å². The molecule has 0 saturated heterocycles. The van der Waals surface area contributed by atoms with Crippen molar-refractivity contribution in [1.82, 2.24) is 10.2 Å². The van der Waals surface area contributed by atoms with Gasteiger partial charge in [-0.05, 0) is 18.4 Å². The average molecular weight is 304 g/mol. The van der Waals surface area contributed by atoms with Gasteiger partial charge in [-0.15, -0.1) is 0 Å². The Morgan fingerprint density at radius 3 is 2.59 bits per heavy atom. The van der Waals surface area contributed by atoms with Crippen molar-refractivity contribution in [3.63, 3.8) is 0 Å². The van der Waals surface area contributed by atoms with Crippen LogP contribution in [0, 0.1) is 5.92 Å². The van der Waals surface area contributed by atoms with E-state index in [-0.39, 0.29) is 23.5 Å². The lowest BCUT2D eigenvalue weighted by Gasteiger charge is -2.28. The molecule has 2 rings (SSSR count). The van der Waals surface area contributed by atoms with Crippen LogP contribution in [0.1, 0.15) is 38.7 Å². The number of benzene rings is 1. The van der Waals surface area contributed by atoms with Crippen molar-refractivity contribution in [2.75, 3.05) is 20.1 Å². The molecule has 1 fully saturated rings. The molecule has 1 saturated carbocycles. The normalized spacial score (nSPS) is 21.6. The van der Waals surface area contributed by atoms with Gasteiger partial charge in [0.25, 0.3) is 0 Å². The van der Waals surface area contributed by atoms with Crippen LogP contribution in [0.5, 0.6) is 0 Å². The Kier molecular flexibility index (Phi) is 5.46. The minimum Gasteiger partial charge on any atom is -0.393 e. The van der Waals surface area contributed by atoms with Gasteiger partial charge in [0.1, 0.15) is 0 Å². The number of aliphatic hydroxyl groups is 1. The van der Waals surface area contributed by atoms with Crippen LogP contribution in [0.3, 0.4) is 0 Å². The largest absolute Gasteiger partial charge is 0.393 e. The molecule has 1 aromatic rings. The van der Waals surface area contributed by atoms with Crippen molar-refractivity contribution < 1.29 is 9.90 Å². The van der Waals surface area contributed by atoms with Gasteiger partial charge in [0.15, 0.2) is 0 Å². The fourth-order valence-corrected chi connectivity index (χ4v) is 3.09. The number of amides is 2. The molecule has 2 amide bonds. The second-order valence-electron chi connectivity index (χ2n) is 7.05. The Morgan fingerprint density at radius 2 is 2.00 bits per heavy atom. The zero-order valence-corrected chi connectivity index (χ0v) is 13.9. The minimum absolute atomic E-state index is 0.0666. The van der Waals surface area contributed by atoms with Gasteiger partial charge in [-0.2, -0.15) is 0 Å². The van der Waals surface area contributed by atoms with Gasteiger partial charge in [-0.25, -0.2) is 4.79 Å². The molecule has 0 radical (unpaired) electrons. The lowest BCUT2D eigenvalue weighted by molar-refractivity contribution is 0.113. The van der Waals surface area contributed by atoms with Gasteiger partial charge >= 0.3 is 6.03 Å². The number of aliphatic hydroxyl groups excluding tert-OH is 1. The Balaban J connectivity index is 1.84. The van der Waals surface area contributed by atoms with Crippen molar-refractivity contribution >= 4 is 6.03 Å². The third kappa shape index (κ3) is 4.23. The summed E-state index contributed by atoms with van der Waals surface area (Å²) in [5, 5.41) is 12.9. The van der Waals surface area contributed by atoms with Gasteiger partial charge in [0.2, 0.25) is 0 Å². The van der Waals surface area contributed by atoms with Crippen LogP contribution in [0.25, 0.3) is 0 Å². The van der Waals surface area contributed by atoms with E-state index < -0.39 is 0 Å². The number of hydrogen-bond donors (Lipinski definition) is 2. The van der Waals surface area contributed by atoms with Gasteiger partial charge in [0, 0.05) is 31.5 Å². The fraction of sp³-hybridized carbons (Fsp3) is 0.611. The van der Waals surface area contributed by atoms with Crippen LogP contribution in [-0.2, 0) is 5.41 Å². The van der Waals surface area contributed by atoms with E-state index in [9.17, 15) is 9.90 Å². The molecule has 0 heterocycles. The Morgan fingerprint density at radius 1 is 1.32 bits per heavy atom. The average Bonchev–Trinajstić information content (AvgIpc) is 2.91. The fourth-order valence-electron chi connectivity index (χ4n) is 3.09. The van der Waals surface area contributed by atoms with E-state index in [2.05, 4.69) is 31.3 Å². The molecule has 4 nitrogen and oxygen atoms in total. The van der Waals surface area contributed by atoms with Crippen LogP contribution in [-0.4, -0.2) is 42.3 Å². The van der Waals surface area contributed by atoms with E-state index in [1.54, 1.807) is 11.9 Å². The molecule has 1 aliphatic rings. The summed E-state index contributed by atoms with van der Waals surface area (Å²) in [6, 6.07) is 10.1. The van der Waals surface area contributed by atoms with E-state index in [0.29, 0.717) is 13.1 Å². The maximum Gasteiger partial charge on any atom is 0.317 e. The van der Waals surface area contributed by atoms with E-state index in [0.717, 1.165) is 19.3 Å². The summed E-state index contributed by atoms with van der Waals surface area (Å²) in [6.07, 6.45) is 2.67. The molecule has 0 spiro atoms. The van der Waals surface area contributed by atoms with Gasteiger partial charge in [-0.3, -0.25) is 0 Å². The van der Waals surface area contributed by atoms with Gasteiger partial charge in [-0.1, -0.05) is 50.6 Å². The first-order valence-corrected chi connectivity index (χ1v) is 8.13. The SMILES string of the molecule is CN(CC1CCCC1O)C(=O)NCC(C)(C)c1ccccc1. The van der Waals surface area contributed by atoms with E-state index in [1.165, 1.54) is 5.56 Å². The Labute approximate surface area is 133 Å². The highest BCUT2D eigenvalue weighted by Gasteiger charge is 2.28. The van der Waals surface area contributed by atoms with E-state index in [4.69, 9.17) is 0 Å². The predicted octanol–water partition coefficient (Wildman–Crippen LogP) is 2.77. The second kappa shape index (κ2) is 7.14. The topological polar surface area (TPSA) is 52.6 Å². The highest BCUT2D eigenvalue weighted by molar-refractivity contribution is 5.74. The standard InChI is InChI=1S/C18H28N2O2/c1-18(2,15-9-5-4-6-10-15)13-19-17(22)20(3)12-14-8-7-11-16(14)21/h4-6,9-10,14,16,21H,7-8,11-13H2,1-3H3,(H,19,22). The molecule has 4 heteroatoms. The monoisotopic (exact) mass is 304 g/mol. The van der Waals surface area contributed by atoms with Crippen LogP contribution in [0.4, 0.5) is 4.79 Å². The third-order valence-electron chi connectivity index (χ3n) is 4.71. The maximum atomic E-state index is 12.2. The van der Waals surface area contributed by atoms with Crippen molar-refractivity contribution in [1.29, 1.82) is 0 Å². The molecular weight excluding hydrogens is 276 g/mol. The second-order valence-corrected chi connectivity index (χ2v) is 7.05. The lowest BCUT2D eigenvalue weighted by Crippen LogP contribution is -2.45. The number of urea groups is 1. The molecule has 2 N–H and O–H groups in total. The van der Waals surface area contributed by atoms with E-state index in [1.807, 2.05) is 18.2 Å². The number of nitrogens with one attached hydrogen (secondary N) is 1. The third-order valence-corrected chi connectivity index (χ3v) is 4.71. The molecule has 0 aromatic heterocycles. The van der Waals surface area contributed by atoms with Crippen LogP contribution in [0.15, 0.2) is 30.3 Å². The summed E-state index contributed by atoms with van der Waals surface area (Å²) >= 11 is 0. The zero-order chi connectivity index (χ0) is 16.2. The summed E-state index contributed by atoms with van der Waals surface area (Å²) in [6.45, 7) is 5.47.